The Bertz CT molecular complexity index is 721. The van der Waals surface area contributed by atoms with Gasteiger partial charge in [-0.25, -0.2) is 13.6 Å². The number of nitrogens with zero attached hydrogens (tertiary/aromatic N) is 3. The predicted octanol–water partition coefficient (Wildman–Crippen LogP) is 3.41. The zero-order valence-corrected chi connectivity index (χ0v) is 12.4. The molecule has 0 aliphatic heterocycles. The summed E-state index contributed by atoms with van der Waals surface area (Å²) in [7, 11) is -2.67. The lowest BCUT2D eigenvalue weighted by Crippen LogP contribution is -2.08. The highest BCUT2D eigenvalue weighted by Gasteiger charge is 2.17. The third-order valence-corrected chi connectivity index (χ3v) is 5.19. The molecule has 2 aromatic rings. The van der Waals surface area contributed by atoms with Crippen LogP contribution in [-0.2, 0) is 9.73 Å². The molecule has 2 atom stereocenters. The topological polar surface area (TPSA) is 55.2 Å². The number of rotatable bonds is 3. The first kappa shape index (κ1) is 14.6. The first-order valence-corrected chi connectivity index (χ1v) is 8.13. The molecule has 2 rings (SSSR count). The minimum Gasteiger partial charge on any atom is -0.261 e. The van der Waals surface area contributed by atoms with Gasteiger partial charge in [-0.3, -0.25) is 4.98 Å². The maximum Gasteiger partial charge on any atom is 0.197 e. The summed E-state index contributed by atoms with van der Waals surface area (Å²) in [6.07, 6.45) is 4.61. The fourth-order valence-corrected chi connectivity index (χ4v) is 2.95. The lowest BCUT2D eigenvalue weighted by Gasteiger charge is -2.14. The molecule has 0 radical (unpaired) electrons. The number of hydrogen-bond acceptors (Lipinski definition) is 4. The molecule has 0 amide bonds. The summed E-state index contributed by atoms with van der Waals surface area (Å²) in [5.41, 5.74) is 1.69. The highest BCUT2D eigenvalue weighted by Crippen LogP contribution is 2.26. The SMILES string of the molecule is Cc1ccc(C(C)S(C)(=O)=Nc2ncccc2F)cn1. The Balaban J connectivity index is 2.42. The van der Waals surface area contributed by atoms with E-state index >= 15 is 0 Å². The smallest absolute Gasteiger partial charge is 0.197 e. The molecule has 0 fully saturated rings. The Morgan fingerprint density at radius 3 is 2.65 bits per heavy atom. The van der Waals surface area contributed by atoms with Crippen LogP contribution in [0.2, 0.25) is 0 Å². The maximum absolute atomic E-state index is 13.5. The predicted molar refractivity (Wildman–Crippen MR) is 77.7 cm³/mol. The van der Waals surface area contributed by atoms with Gasteiger partial charge in [0.1, 0.15) is 0 Å². The summed E-state index contributed by atoms with van der Waals surface area (Å²) in [5, 5.41) is -0.364. The molecule has 0 saturated heterocycles. The molecule has 20 heavy (non-hydrogen) atoms. The van der Waals surface area contributed by atoms with Crippen molar-refractivity contribution >= 4 is 15.5 Å². The van der Waals surface area contributed by atoms with Gasteiger partial charge in [-0.1, -0.05) is 6.07 Å². The second-order valence-electron chi connectivity index (χ2n) is 4.64. The highest BCUT2D eigenvalue weighted by atomic mass is 32.2. The van der Waals surface area contributed by atoms with Crippen LogP contribution in [0.1, 0.15) is 23.4 Å². The average Bonchev–Trinajstić information content (AvgIpc) is 2.41. The number of aryl methyl sites for hydroxylation is 1. The van der Waals surface area contributed by atoms with E-state index in [0.717, 1.165) is 11.3 Å². The molecule has 106 valence electrons. The second kappa shape index (κ2) is 5.66. The zero-order chi connectivity index (χ0) is 14.8. The lowest BCUT2D eigenvalue weighted by atomic mass is 10.2. The monoisotopic (exact) mass is 293 g/mol. The van der Waals surface area contributed by atoms with Crippen molar-refractivity contribution < 1.29 is 8.60 Å². The first-order chi connectivity index (χ1) is 9.40. The van der Waals surface area contributed by atoms with Crippen molar-refractivity contribution in [3.05, 3.63) is 53.7 Å². The molecule has 2 unspecified atom stereocenters. The normalized spacial score (nSPS) is 15.4. The van der Waals surface area contributed by atoms with E-state index in [1.54, 1.807) is 13.1 Å². The zero-order valence-electron chi connectivity index (χ0n) is 11.6. The van der Waals surface area contributed by atoms with Gasteiger partial charge in [-0.05, 0) is 37.6 Å². The van der Waals surface area contributed by atoms with Crippen molar-refractivity contribution in [2.24, 2.45) is 4.36 Å². The molecular formula is C14H16FN3OS. The van der Waals surface area contributed by atoms with Crippen molar-refractivity contribution in [2.75, 3.05) is 6.26 Å². The van der Waals surface area contributed by atoms with Crippen LogP contribution in [-0.4, -0.2) is 20.4 Å². The van der Waals surface area contributed by atoms with E-state index in [0.29, 0.717) is 0 Å². The fourth-order valence-electron chi connectivity index (χ4n) is 1.67. The summed E-state index contributed by atoms with van der Waals surface area (Å²) in [4.78, 5) is 8.00. The Kier molecular flexibility index (Phi) is 4.13. The number of hydrogen-bond donors (Lipinski definition) is 0. The van der Waals surface area contributed by atoms with E-state index in [1.165, 1.54) is 24.6 Å². The van der Waals surface area contributed by atoms with Crippen molar-refractivity contribution in [3.63, 3.8) is 0 Å². The number of pyridine rings is 2. The Morgan fingerprint density at radius 1 is 1.30 bits per heavy atom. The summed E-state index contributed by atoms with van der Waals surface area (Å²) in [5.74, 6) is -0.691. The molecular weight excluding hydrogens is 277 g/mol. The fraction of sp³-hybridized carbons (Fsp3) is 0.286. The molecule has 0 saturated carbocycles. The van der Waals surface area contributed by atoms with Crippen LogP contribution < -0.4 is 0 Å². The molecule has 2 aromatic heterocycles. The molecule has 0 aliphatic rings. The van der Waals surface area contributed by atoms with Crippen LogP contribution in [0.15, 0.2) is 41.0 Å². The van der Waals surface area contributed by atoms with Crippen molar-refractivity contribution in [1.29, 1.82) is 0 Å². The minimum absolute atomic E-state index is 0.119. The standard InChI is InChI=1S/C14H16FN3OS/c1-10-6-7-12(9-17-10)11(2)20(3,19)18-14-13(15)5-4-8-16-14/h4-9,11H,1-3H3. The Morgan fingerprint density at radius 2 is 2.05 bits per heavy atom. The summed E-state index contributed by atoms with van der Waals surface area (Å²) in [6.45, 7) is 3.67. The van der Waals surface area contributed by atoms with Crippen molar-refractivity contribution in [2.45, 2.75) is 19.1 Å². The van der Waals surface area contributed by atoms with E-state index < -0.39 is 15.5 Å². The van der Waals surface area contributed by atoms with Gasteiger partial charge in [-0.15, -0.1) is 0 Å². The van der Waals surface area contributed by atoms with Crippen LogP contribution in [0.4, 0.5) is 10.2 Å². The van der Waals surface area contributed by atoms with E-state index in [1.807, 2.05) is 19.1 Å². The lowest BCUT2D eigenvalue weighted by molar-refractivity contribution is 0.623. The third-order valence-electron chi connectivity index (χ3n) is 3.07. The largest absolute Gasteiger partial charge is 0.261 e. The van der Waals surface area contributed by atoms with Crippen LogP contribution in [0.5, 0.6) is 0 Å². The van der Waals surface area contributed by atoms with E-state index in [2.05, 4.69) is 14.3 Å². The van der Waals surface area contributed by atoms with Gasteiger partial charge in [0.15, 0.2) is 11.6 Å². The molecule has 2 heterocycles. The van der Waals surface area contributed by atoms with Crippen molar-refractivity contribution in [3.8, 4) is 0 Å². The Labute approximate surface area is 118 Å². The molecule has 0 aromatic carbocycles. The first-order valence-electron chi connectivity index (χ1n) is 6.14. The number of aromatic nitrogens is 2. The molecule has 0 N–H and O–H groups in total. The van der Waals surface area contributed by atoms with Crippen LogP contribution in [0, 0.1) is 12.7 Å². The quantitative estimate of drug-likeness (QED) is 0.871. The van der Waals surface area contributed by atoms with E-state index in [4.69, 9.17) is 0 Å². The second-order valence-corrected chi connectivity index (χ2v) is 7.25. The van der Waals surface area contributed by atoms with Gasteiger partial charge in [0, 0.05) is 24.3 Å². The molecule has 6 heteroatoms. The highest BCUT2D eigenvalue weighted by molar-refractivity contribution is 7.93. The molecule has 0 aliphatic carbocycles. The average molecular weight is 293 g/mol. The molecule has 4 nitrogen and oxygen atoms in total. The summed E-state index contributed by atoms with van der Waals surface area (Å²) >= 11 is 0. The summed E-state index contributed by atoms with van der Waals surface area (Å²) in [6, 6.07) is 6.43. The van der Waals surface area contributed by atoms with E-state index in [-0.39, 0.29) is 11.1 Å². The maximum atomic E-state index is 13.5. The third kappa shape index (κ3) is 3.19. The van der Waals surface area contributed by atoms with Crippen molar-refractivity contribution in [1.82, 2.24) is 9.97 Å². The Hall–Kier alpha value is -1.82. The van der Waals surface area contributed by atoms with E-state index in [9.17, 15) is 8.60 Å². The van der Waals surface area contributed by atoms with Gasteiger partial charge < -0.3 is 0 Å². The minimum atomic E-state index is -2.67. The molecule has 0 bridgehead atoms. The van der Waals surface area contributed by atoms with Gasteiger partial charge in [0.2, 0.25) is 0 Å². The van der Waals surface area contributed by atoms with Gasteiger partial charge in [-0.2, -0.15) is 4.36 Å². The van der Waals surface area contributed by atoms with Gasteiger partial charge in [0.25, 0.3) is 0 Å². The van der Waals surface area contributed by atoms with Crippen LogP contribution in [0.25, 0.3) is 0 Å². The summed E-state index contributed by atoms with van der Waals surface area (Å²) < 4.78 is 30.2. The van der Waals surface area contributed by atoms with Gasteiger partial charge >= 0.3 is 0 Å². The van der Waals surface area contributed by atoms with Crippen LogP contribution >= 0.6 is 0 Å². The van der Waals surface area contributed by atoms with Crippen LogP contribution in [0.3, 0.4) is 0 Å². The molecule has 0 spiro atoms. The number of halogens is 1. The van der Waals surface area contributed by atoms with Gasteiger partial charge in [0.05, 0.1) is 15.0 Å².